The van der Waals surface area contributed by atoms with Crippen molar-refractivity contribution in [2.24, 2.45) is 10.3 Å². The number of pyridine rings is 2. The largest absolute Gasteiger partial charge is 0.496 e. The summed E-state index contributed by atoms with van der Waals surface area (Å²) in [5, 5.41) is 8.58. The molecule has 7 nitrogen and oxygen atoms in total. The molecular weight excluding hydrogens is 392 g/mol. The molecule has 31 heavy (non-hydrogen) atoms. The second-order valence-electron chi connectivity index (χ2n) is 8.01. The van der Waals surface area contributed by atoms with Crippen molar-refractivity contribution in [1.29, 1.82) is 0 Å². The molecular formula is C24H30N4O3. The summed E-state index contributed by atoms with van der Waals surface area (Å²) in [7, 11) is 3.29. The van der Waals surface area contributed by atoms with Crippen molar-refractivity contribution >= 4 is 11.4 Å². The number of methoxy groups -OCH3 is 1. The molecule has 0 unspecified atom stereocenters. The van der Waals surface area contributed by atoms with E-state index in [1.807, 2.05) is 13.0 Å². The van der Waals surface area contributed by atoms with Crippen LogP contribution in [0.1, 0.15) is 66.0 Å². The Kier molecular flexibility index (Phi) is 6.79. The van der Waals surface area contributed by atoms with Gasteiger partial charge in [0.1, 0.15) is 30.9 Å². The molecule has 4 rings (SSSR count). The van der Waals surface area contributed by atoms with Crippen molar-refractivity contribution in [3.05, 3.63) is 52.1 Å². The number of aryl methyl sites for hydroxylation is 3. The number of aromatic nitrogens is 2. The fourth-order valence-corrected chi connectivity index (χ4v) is 4.30. The maximum Gasteiger partial charge on any atom is 0.126 e. The van der Waals surface area contributed by atoms with Gasteiger partial charge in [-0.25, -0.2) is 0 Å². The van der Waals surface area contributed by atoms with Gasteiger partial charge in [0.25, 0.3) is 0 Å². The third-order valence-electron chi connectivity index (χ3n) is 5.76. The van der Waals surface area contributed by atoms with E-state index in [1.54, 1.807) is 14.2 Å². The molecule has 2 aliphatic carbocycles. The van der Waals surface area contributed by atoms with E-state index in [0.29, 0.717) is 6.61 Å². The van der Waals surface area contributed by atoms with Gasteiger partial charge in [-0.2, -0.15) is 0 Å². The van der Waals surface area contributed by atoms with Crippen molar-refractivity contribution in [3.63, 3.8) is 0 Å². The van der Waals surface area contributed by atoms with Crippen molar-refractivity contribution in [1.82, 2.24) is 9.97 Å². The number of ether oxygens (including phenoxy) is 1. The Labute approximate surface area is 183 Å². The Morgan fingerprint density at radius 2 is 1.74 bits per heavy atom. The third-order valence-corrected chi connectivity index (χ3v) is 5.76. The van der Waals surface area contributed by atoms with Crippen LogP contribution < -0.4 is 4.74 Å². The minimum atomic E-state index is 0.541. The Morgan fingerprint density at radius 1 is 0.935 bits per heavy atom. The zero-order chi connectivity index (χ0) is 21.6. The average Bonchev–Trinajstić information content (AvgIpc) is 2.79. The van der Waals surface area contributed by atoms with E-state index in [4.69, 9.17) is 24.4 Å². The molecule has 0 N–H and O–H groups in total. The normalized spacial score (nSPS) is 17.9. The van der Waals surface area contributed by atoms with E-state index >= 15 is 0 Å². The minimum absolute atomic E-state index is 0.541. The van der Waals surface area contributed by atoms with E-state index in [9.17, 15) is 0 Å². The fourth-order valence-electron chi connectivity index (χ4n) is 4.30. The second-order valence-corrected chi connectivity index (χ2v) is 8.01. The molecule has 0 atom stereocenters. The van der Waals surface area contributed by atoms with Gasteiger partial charge in [-0.1, -0.05) is 16.4 Å². The summed E-state index contributed by atoms with van der Waals surface area (Å²) in [6.07, 6.45) is 7.60. The summed E-state index contributed by atoms with van der Waals surface area (Å²) in [5.74, 6) is 0.893. The van der Waals surface area contributed by atoms with Gasteiger partial charge in [-0.3, -0.25) is 9.97 Å². The number of nitrogens with zero attached hydrogens (tertiary/aromatic N) is 4. The van der Waals surface area contributed by atoms with Crippen LogP contribution in [0.2, 0.25) is 0 Å². The molecule has 0 aliphatic heterocycles. The van der Waals surface area contributed by atoms with Crippen LogP contribution >= 0.6 is 0 Å². The van der Waals surface area contributed by atoms with Crippen LogP contribution in [0, 0.1) is 6.92 Å². The summed E-state index contributed by atoms with van der Waals surface area (Å²) < 4.78 is 5.54. The number of rotatable bonds is 7. The van der Waals surface area contributed by atoms with E-state index < -0.39 is 0 Å². The Bertz CT molecular complexity index is 1000. The van der Waals surface area contributed by atoms with Gasteiger partial charge in [0.05, 0.1) is 18.5 Å². The molecule has 2 aromatic heterocycles. The highest BCUT2D eigenvalue weighted by atomic mass is 16.6. The molecule has 0 saturated carbocycles. The molecule has 0 amide bonds. The number of hydrogen-bond acceptors (Lipinski definition) is 7. The highest BCUT2D eigenvalue weighted by Crippen LogP contribution is 2.29. The highest BCUT2D eigenvalue weighted by molar-refractivity contribution is 6.01. The Morgan fingerprint density at radius 3 is 2.55 bits per heavy atom. The molecule has 0 aromatic carbocycles. The van der Waals surface area contributed by atoms with Crippen LogP contribution in [-0.2, 0) is 28.9 Å². The van der Waals surface area contributed by atoms with Crippen LogP contribution in [0.5, 0.6) is 5.75 Å². The lowest BCUT2D eigenvalue weighted by Crippen LogP contribution is -2.17. The number of oxime groups is 2. The maximum absolute atomic E-state index is 5.67. The SMILES string of the molecule is CO/N=C1\CCCc2ccc(CCCO/N=C3\CCCc4c(OC)cc(C)nc43)nc21. The first kappa shape index (κ1) is 21.3. The quantitative estimate of drug-likeness (QED) is 0.494. The van der Waals surface area contributed by atoms with E-state index in [0.717, 1.165) is 96.9 Å². The lowest BCUT2D eigenvalue weighted by Gasteiger charge is -2.19. The molecule has 0 fully saturated rings. The summed E-state index contributed by atoms with van der Waals surface area (Å²) in [5.41, 5.74) is 8.13. The van der Waals surface area contributed by atoms with Crippen molar-refractivity contribution in [3.8, 4) is 5.75 Å². The van der Waals surface area contributed by atoms with Crippen LogP contribution in [-0.4, -0.2) is 42.2 Å². The Hall–Kier alpha value is -2.96. The van der Waals surface area contributed by atoms with Crippen LogP contribution in [0.25, 0.3) is 0 Å². The lowest BCUT2D eigenvalue weighted by atomic mass is 9.93. The standard InChI is InChI=1S/C24H30N4O3/c1-16-15-22(29-2)19-9-5-11-21(24(19)25-16)28-31-14-6-8-18-13-12-17-7-4-10-20(27-30-3)23(17)26-18/h12-13,15H,4-11,14H2,1-3H3/b27-20+,28-21+. The van der Waals surface area contributed by atoms with Crippen molar-refractivity contribution < 1.29 is 14.4 Å². The molecule has 0 radical (unpaired) electrons. The van der Waals surface area contributed by atoms with E-state index in [2.05, 4.69) is 22.4 Å². The first-order chi connectivity index (χ1) is 15.2. The molecule has 164 valence electrons. The zero-order valence-corrected chi connectivity index (χ0v) is 18.6. The summed E-state index contributed by atoms with van der Waals surface area (Å²) in [6, 6.07) is 6.26. The molecule has 2 heterocycles. The molecule has 7 heteroatoms. The predicted molar refractivity (Wildman–Crippen MR) is 120 cm³/mol. The Balaban J connectivity index is 1.37. The van der Waals surface area contributed by atoms with Gasteiger partial charge in [0, 0.05) is 23.0 Å². The van der Waals surface area contributed by atoms with Gasteiger partial charge in [-0.15, -0.1) is 0 Å². The van der Waals surface area contributed by atoms with Gasteiger partial charge in [-0.05, 0) is 69.9 Å². The van der Waals surface area contributed by atoms with E-state index in [1.165, 1.54) is 5.56 Å². The third kappa shape index (κ3) is 4.86. The monoisotopic (exact) mass is 422 g/mol. The molecule has 0 saturated heterocycles. The first-order valence-corrected chi connectivity index (χ1v) is 11.0. The predicted octanol–water partition coefficient (Wildman–Crippen LogP) is 4.17. The highest BCUT2D eigenvalue weighted by Gasteiger charge is 2.22. The average molecular weight is 423 g/mol. The second kappa shape index (κ2) is 9.90. The zero-order valence-electron chi connectivity index (χ0n) is 18.6. The maximum atomic E-state index is 5.67. The summed E-state index contributed by atoms with van der Waals surface area (Å²) in [4.78, 5) is 20.2. The fraction of sp³-hybridized carbons (Fsp3) is 0.500. The van der Waals surface area contributed by atoms with Gasteiger partial charge in [0.15, 0.2) is 0 Å². The van der Waals surface area contributed by atoms with Gasteiger partial charge >= 0.3 is 0 Å². The lowest BCUT2D eigenvalue weighted by molar-refractivity contribution is 0.141. The van der Waals surface area contributed by atoms with Crippen molar-refractivity contribution in [2.45, 2.75) is 58.3 Å². The van der Waals surface area contributed by atoms with E-state index in [-0.39, 0.29) is 0 Å². The smallest absolute Gasteiger partial charge is 0.126 e. The summed E-state index contributed by atoms with van der Waals surface area (Å²) in [6.45, 7) is 2.52. The van der Waals surface area contributed by atoms with Crippen LogP contribution in [0.4, 0.5) is 0 Å². The molecule has 2 aliphatic rings. The number of fused-ring (bicyclic) bond motifs is 2. The van der Waals surface area contributed by atoms with Crippen LogP contribution in [0.15, 0.2) is 28.5 Å². The molecule has 0 spiro atoms. The molecule has 2 aromatic rings. The molecule has 0 bridgehead atoms. The van der Waals surface area contributed by atoms with Crippen molar-refractivity contribution in [2.75, 3.05) is 20.8 Å². The topological polar surface area (TPSA) is 78.2 Å². The van der Waals surface area contributed by atoms with Gasteiger partial charge < -0.3 is 14.4 Å². The summed E-state index contributed by atoms with van der Waals surface area (Å²) >= 11 is 0. The number of hydrogen-bond donors (Lipinski definition) is 0. The first-order valence-electron chi connectivity index (χ1n) is 11.0. The van der Waals surface area contributed by atoms with Crippen LogP contribution in [0.3, 0.4) is 0 Å². The minimum Gasteiger partial charge on any atom is -0.496 e. The van der Waals surface area contributed by atoms with Gasteiger partial charge in [0.2, 0.25) is 0 Å².